The fourth-order valence-electron chi connectivity index (χ4n) is 1.35. The zero-order chi connectivity index (χ0) is 12.6. The standard InChI is InChI=1S/C11H17NO3Si/c1-11(2,16(3,4)15)9-5-7-10(8-6-9)12(13)14/h5-8,15H,1-4H3. The Hall–Kier alpha value is -1.20. The predicted molar refractivity (Wildman–Crippen MR) is 65.8 cm³/mol. The van der Waals surface area contributed by atoms with Crippen molar-refractivity contribution in [2.24, 2.45) is 0 Å². The summed E-state index contributed by atoms with van der Waals surface area (Å²) in [6.07, 6.45) is 0. The Labute approximate surface area is 96.2 Å². The molecule has 0 unspecified atom stereocenters. The van der Waals surface area contributed by atoms with E-state index in [4.69, 9.17) is 0 Å². The van der Waals surface area contributed by atoms with Crippen LogP contribution in [0, 0.1) is 10.1 Å². The van der Waals surface area contributed by atoms with Crippen molar-refractivity contribution >= 4 is 14.0 Å². The van der Waals surface area contributed by atoms with Crippen LogP contribution in [0.1, 0.15) is 19.4 Å². The topological polar surface area (TPSA) is 63.4 Å². The van der Waals surface area contributed by atoms with Crippen LogP contribution in [-0.2, 0) is 5.04 Å². The minimum atomic E-state index is -2.34. The normalized spacial score (nSPS) is 12.6. The molecule has 0 aliphatic heterocycles. The maximum atomic E-state index is 10.5. The number of nitrogens with zero attached hydrogens (tertiary/aromatic N) is 1. The molecule has 0 heterocycles. The Bertz CT molecular complexity index is 393. The molecule has 0 aromatic heterocycles. The second-order valence-corrected chi connectivity index (χ2v) is 9.36. The molecule has 16 heavy (non-hydrogen) atoms. The quantitative estimate of drug-likeness (QED) is 0.501. The molecule has 0 aliphatic rings. The molecule has 0 saturated carbocycles. The number of non-ortho nitro benzene ring substituents is 1. The smallest absolute Gasteiger partial charge is 0.269 e. The summed E-state index contributed by atoms with van der Waals surface area (Å²) in [6, 6.07) is 6.42. The first-order chi connectivity index (χ1) is 7.16. The Morgan fingerprint density at radius 3 is 2.00 bits per heavy atom. The Balaban J connectivity index is 3.11. The van der Waals surface area contributed by atoms with Crippen LogP contribution in [0.25, 0.3) is 0 Å². The van der Waals surface area contributed by atoms with Crippen molar-refractivity contribution in [3.05, 3.63) is 39.9 Å². The molecule has 1 aromatic rings. The highest BCUT2D eigenvalue weighted by Crippen LogP contribution is 2.32. The van der Waals surface area contributed by atoms with E-state index in [1.54, 1.807) is 12.1 Å². The van der Waals surface area contributed by atoms with Gasteiger partial charge < -0.3 is 4.80 Å². The van der Waals surface area contributed by atoms with Gasteiger partial charge in [0.1, 0.15) is 0 Å². The van der Waals surface area contributed by atoms with Gasteiger partial charge in [-0.1, -0.05) is 26.0 Å². The molecular weight excluding hydrogens is 222 g/mol. The minimum Gasteiger partial charge on any atom is -0.431 e. The third kappa shape index (κ3) is 2.30. The molecule has 0 spiro atoms. The van der Waals surface area contributed by atoms with Crippen molar-refractivity contribution in [3.63, 3.8) is 0 Å². The van der Waals surface area contributed by atoms with E-state index in [1.165, 1.54) is 12.1 Å². The highest BCUT2D eigenvalue weighted by atomic mass is 28.4. The lowest BCUT2D eigenvalue weighted by Crippen LogP contribution is -2.47. The molecule has 1 aromatic carbocycles. The SMILES string of the molecule is CC(C)(c1ccc([N+](=O)[O-])cc1)[Si](C)(C)O. The van der Waals surface area contributed by atoms with Gasteiger partial charge >= 0.3 is 0 Å². The van der Waals surface area contributed by atoms with E-state index >= 15 is 0 Å². The first-order valence-electron chi connectivity index (χ1n) is 5.13. The van der Waals surface area contributed by atoms with Crippen molar-refractivity contribution in [1.29, 1.82) is 0 Å². The van der Waals surface area contributed by atoms with Crippen molar-refractivity contribution in [2.45, 2.75) is 32.0 Å². The molecule has 0 radical (unpaired) electrons. The first kappa shape index (κ1) is 12.9. The van der Waals surface area contributed by atoms with Crippen molar-refractivity contribution in [3.8, 4) is 0 Å². The lowest BCUT2D eigenvalue weighted by Gasteiger charge is -2.35. The second-order valence-electron chi connectivity index (χ2n) is 4.99. The zero-order valence-corrected chi connectivity index (χ0v) is 11.0. The van der Waals surface area contributed by atoms with Crippen LogP contribution in [0.4, 0.5) is 5.69 Å². The molecule has 0 saturated heterocycles. The minimum absolute atomic E-state index is 0.0805. The van der Waals surface area contributed by atoms with Gasteiger partial charge in [0.2, 0.25) is 0 Å². The number of benzene rings is 1. The molecule has 1 rings (SSSR count). The summed E-state index contributed by atoms with van der Waals surface area (Å²) in [5, 5.41) is 10.2. The second kappa shape index (κ2) is 3.99. The number of hydrogen-bond donors (Lipinski definition) is 1. The van der Waals surface area contributed by atoms with E-state index in [0.29, 0.717) is 0 Å². The summed E-state index contributed by atoms with van der Waals surface area (Å²) in [7, 11) is -2.34. The fourth-order valence-corrected chi connectivity index (χ4v) is 2.23. The summed E-state index contributed by atoms with van der Waals surface area (Å²) < 4.78 is 0. The number of nitro groups is 1. The number of hydrogen-bond acceptors (Lipinski definition) is 3. The molecule has 0 fully saturated rings. The van der Waals surface area contributed by atoms with Crippen LogP contribution < -0.4 is 0 Å². The molecule has 0 amide bonds. The first-order valence-corrected chi connectivity index (χ1v) is 8.08. The van der Waals surface area contributed by atoms with Crippen LogP contribution >= 0.6 is 0 Å². The largest absolute Gasteiger partial charge is 0.431 e. The average Bonchev–Trinajstić information content (AvgIpc) is 2.16. The molecule has 88 valence electrons. The van der Waals surface area contributed by atoms with Crippen LogP contribution in [0.15, 0.2) is 24.3 Å². The molecule has 0 atom stereocenters. The molecule has 1 N–H and O–H groups in total. The van der Waals surface area contributed by atoms with E-state index in [2.05, 4.69) is 0 Å². The third-order valence-corrected chi connectivity index (χ3v) is 6.68. The van der Waals surface area contributed by atoms with Gasteiger partial charge in [0, 0.05) is 17.2 Å². The fraction of sp³-hybridized carbons (Fsp3) is 0.455. The van der Waals surface area contributed by atoms with Gasteiger partial charge in [-0.05, 0) is 18.7 Å². The monoisotopic (exact) mass is 239 g/mol. The summed E-state index contributed by atoms with van der Waals surface area (Å²) in [5.74, 6) is 0. The van der Waals surface area contributed by atoms with E-state index < -0.39 is 13.2 Å². The van der Waals surface area contributed by atoms with Gasteiger partial charge in [0.15, 0.2) is 8.32 Å². The molecule has 4 nitrogen and oxygen atoms in total. The van der Waals surface area contributed by atoms with Crippen molar-refractivity contribution in [1.82, 2.24) is 0 Å². The average molecular weight is 239 g/mol. The highest BCUT2D eigenvalue weighted by Gasteiger charge is 2.39. The summed E-state index contributed by atoms with van der Waals surface area (Å²) in [5.41, 5.74) is 1.02. The lowest BCUT2D eigenvalue weighted by atomic mass is 10.0. The zero-order valence-electron chi connectivity index (χ0n) is 10.0. The summed E-state index contributed by atoms with van der Waals surface area (Å²) >= 11 is 0. The molecule has 0 aliphatic carbocycles. The third-order valence-electron chi connectivity index (χ3n) is 3.33. The van der Waals surface area contributed by atoms with Crippen molar-refractivity contribution < 1.29 is 9.72 Å². The van der Waals surface area contributed by atoms with Crippen LogP contribution in [0.2, 0.25) is 13.1 Å². The van der Waals surface area contributed by atoms with Gasteiger partial charge in [-0.3, -0.25) is 10.1 Å². The maximum Gasteiger partial charge on any atom is 0.269 e. The van der Waals surface area contributed by atoms with Gasteiger partial charge in [-0.15, -0.1) is 0 Å². The van der Waals surface area contributed by atoms with E-state index in [-0.39, 0.29) is 10.7 Å². The Morgan fingerprint density at radius 1 is 1.25 bits per heavy atom. The molecular formula is C11H17NO3Si. The van der Waals surface area contributed by atoms with Gasteiger partial charge in [-0.2, -0.15) is 0 Å². The Morgan fingerprint density at radius 2 is 1.69 bits per heavy atom. The lowest BCUT2D eigenvalue weighted by molar-refractivity contribution is -0.384. The van der Waals surface area contributed by atoms with Crippen LogP contribution in [-0.4, -0.2) is 18.0 Å². The van der Waals surface area contributed by atoms with Gasteiger partial charge in [-0.25, -0.2) is 0 Å². The van der Waals surface area contributed by atoms with E-state index in [0.717, 1.165) is 5.56 Å². The van der Waals surface area contributed by atoms with E-state index in [1.807, 2.05) is 26.9 Å². The molecule has 0 bridgehead atoms. The number of nitro benzene ring substituents is 1. The van der Waals surface area contributed by atoms with Crippen LogP contribution in [0.5, 0.6) is 0 Å². The Kier molecular flexibility index (Phi) is 3.21. The highest BCUT2D eigenvalue weighted by molar-refractivity contribution is 6.72. The summed E-state index contributed by atoms with van der Waals surface area (Å²) in [4.78, 5) is 20.3. The van der Waals surface area contributed by atoms with Crippen LogP contribution in [0.3, 0.4) is 0 Å². The summed E-state index contributed by atoms with van der Waals surface area (Å²) in [6.45, 7) is 7.68. The predicted octanol–water partition coefficient (Wildman–Crippen LogP) is 2.61. The molecule has 5 heteroatoms. The van der Waals surface area contributed by atoms with Gasteiger partial charge in [0.05, 0.1) is 4.92 Å². The van der Waals surface area contributed by atoms with Crippen molar-refractivity contribution in [2.75, 3.05) is 0 Å². The maximum absolute atomic E-state index is 10.5. The van der Waals surface area contributed by atoms with Gasteiger partial charge in [0.25, 0.3) is 5.69 Å². The van der Waals surface area contributed by atoms with E-state index in [9.17, 15) is 14.9 Å². The number of rotatable bonds is 3.